The number of rotatable bonds is 0. The molecule has 5 atom stereocenters. The van der Waals surface area contributed by atoms with E-state index in [9.17, 15) is 9.59 Å². The molecule has 0 aromatic heterocycles. The van der Waals surface area contributed by atoms with Gasteiger partial charge in [-0.2, -0.15) is 0 Å². The summed E-state index contributed by atoms with van der Waals surface area (Å²) >= 11 is 3.58. The monoisotopic (exact) mass is 376 g/mol. The molecule has 2 nitrogen and oxygen atoms in total. The number of ketones is 2. The van der Waals surface area contributed by atoms with Gasteiger partial charge in [-0.05, 0) is 82.3 Å². The first-order valence-electron chi connectivity index (χ1n) is 8.94. The number of hydrogen-bond donors (Lipinski definition) is 0. The molecule has 0 unspecified atom stereocenters. The fourth-order valence-corrected chi connectivity index (χ4v) is 7.38. The Labute approximate surface area is 146 Å². The molecule has 0 heterocycles. The zero-order valence-corrected chi connectivity index (χ0v) is 15.7. The zero-order valence-electron chi connectivity index (χ0n) is 14.1. The van der Waals surface area contributed by atoms with Gasteiger partial charge in [0.15, 0.2) is 5.78 Å². The molecule has 0 aliphatic heterocycles. The van der Waals surface area contributed by atoms with E-state index in [2.05, 4.69) is 36.4 Å². The molecular formula is C20H25BrO2. The van der Waals surface area contributed by atoms with Gasteiger partial charge in [-0.1, -0.05) is 20.4 Å². The minimum Gasteiger partial charge on any atom is -0.299 e. The fraction of sp³-hybridized carbons (Fsp3) is 0.700. The topological polar surface area (TPSA) is 34.1 Å². The highest BCUT2D eigenvalue weighted by molar-refractivity contribution is 9.12. The minimum atomic E-state index is -0.0965. The first-order chi connectivity index (χ1) is 10.8. The predicted molar refractivity (Wildman–Crippen MR) is 94.1 cm³/mol. The fourth-order valence-electron chi connectivity index (χ4n) is 6.45. The van der Waals surface area contributed by atoms with Gasteiger partial charge in [0.2, 0.25) is 0 Å². The van der Waals surface area contributed by atoms with Crippen LogP contribution in [-0.2, 0) is 9.59 Å². The number of carbonyl (C=O) groups excluding carboxylic acids is 2. The van der Waals surface area contributed by atoms with E-state index >= 15 is 0 Å². The van der Waals surface area contributed by atoms with Crippen LogP contribution in [-0.4, -0.2) is 11.6 Å². The van der Waals surface area contributed by atoms with Crippen LogP contribution in [0.25, 0.3) is 0 Å². The lowest BCUT2D eigenvalue weighted by Gasteiger charge is -2.57. The van der Waals surface area contributed by atoms with E-state index in [1.807, 2.05) is 0 Å². The van der Waals surface area contributed by atoms with E-state index < -0.39 is 0 Å². The minimum absolute atomic E-state index is 0.0553. The van der Waals surface area contributed by atoms with Crippen molar-refractivity contribution in [1.29, 1.82) is 0 Å². The molecule has 3 saturated carbocycles. The van der Waals surface area contributed by atoms with Crippen LogP contribution >= 0.6 is 15.9 Å². The average Bonchev–Trinajstić information content (AvgIpc) is 2.79. The van der Waals surface area contributed by atoms with Crippen molar-refractivity contribution in [3.8, 4) is 0 Å². The summed E-state index contributed by atoms with van der Waals surface area (Å²) in [4.78, 5) is 24.6. The van der Waals surface area contributed by atoms with Gasteiger partial charge in [-0.3, -0.25) is 9.59 Å². The molecule has 4 rings (SSSR count). The van der Waals surface area contributed by atoms with E-state index in [1.54, 1.807) is 0 Å². The SMILES string of the molecule is C=C1C[C@@H]2[C@@H](CC[C@]3(C)C(=O)CC[C@@H]23)[C@@]2(C)CCC(=O)C(Br)=C12. The van der Waals surface area contributed by atoms with Crippen LogP contribution in [0, 0.1) is 28.6 Å². The highest BCUT2D eigenvalue weighted by Crippen LogP contribution is 2.66. The molecule has 0 aromatic rings. The lowest BCUT2D eigenvalue weighted by Crippen LogP contribution is -2.51. The number of carbonyl (C=O) groups is 2. The second kappa shape index (κ2) is 4.91. The van der Waals surface area contributed by atoms with Crippen molar-refractivity contribution in [2.24, 2.45) is 28.6 Å². The molecule has 4 aliphatic carbocycles. The lowest BCUT2D eigenvalue weighted by atomic mass is 9.47. The van der Waals surface area contributed by atoms with Crippen LogP contribution < -0.4 is 0 Å². The summed E-state index contributed by atoms with van der Waals surface area (Å²) in [5, 5.41) is 0. The maximum absolute atomic E-state index is 12.5. The normalized spacial score (nSPS) is 46.6. The van der Waals surface area contributed by atoms with Gasteiger partial charge >= 0.3 is 0 Å². The van der Waals surface area contributed by atoms with Crippen LogP contribution in [0.3, 0.4) is 0 Å². The van der Waals surface area contributed by atoms with E-state index in [0.717, 1.165) is 48.6 Å². The van der Waals surface area contributed by atoms with Crippen molar-refractivity contribution in [2.45, 2.75) is 58.8 Å². The molecule has 124 valence electrons. The Morgan fingerprint density at radius 1 is 1.04 bits per heavy atom. The molecule has 3 heteroatoms. The summed E-state index contributed by atoms with van der Waals surface area (Å²) < 4.78 is 0.783. The van der Waals surface area contributed by atoms with Gasteiger partial charge in [0.05, 0.1) is 4.48 Å². The van der Waals surface area contributed by atoms with E-state index in [0.29, 0.717) is 30.0 Å². The molecule has 0 radical (unpaired) electrons. The van der Waals surface area contributed by atoms with Crippen molar-refractivity contribution >= 4 is 27.5 Å². The number of fused-ring (bicyclic) bond motifs is 5. The van der Waals surface area contributed by atoms with Gasteiger partial charge in [0.25, 0.3) is 0 Å². The second-order valence-electron chi connectivity index (χ2n) is 8.63. The van der Waals surface area contributed by atoms with Gasteiger partial charge in [-0.15, -0.1) is 0 Å². The number of hydrogen-bond acceptors (Lipinski definition) is 2. The maximum atomic E-state index is 12.5. The van der Waals surface area contributed by atoms with Gasteiger partial charge in [-0.25, -0.2) is 0 Å². The van der Waals surface area contributed by atoms with Gasteiger partial charge in [0, 0.05) is 18.3 Å². The Morgan fingerprint density at radius 3 is 2.48 bits per heavy atom. The first-order valence-corrected chi connectivity index (χ1v) is 9.73. The third-order valence-corrected chi connectivity index (χ3v) is 8.55. The Hall–Kier alpha value is -0.700. The summed E-state index contributed by atoms with van der Waals surface area (Å²) in [5.74, 6) is 2.38. The van der Waals surface area contributed by atoms with Crippen molar-refractivity contribution in [3.05, 3.63) is 22.2 Å². The largest absolute Gasteiger partial charge is 0.299 e. The number of Topliss-reactive ketones (excluding diaryl/α,β-unsaturated/α-hetero) is 2. The molecule has 0 saturated heterocycles. The average molecular weight is 377 g/mol. The number of allylic oxidation sites excluding steroid dienone is 2. The van der Waals surface area contributed by atoms with Crippen molar-refractivity contribution < 1.29 is 9.59 Å². The molecule has 0 bridgehead atoms. The molecule has 0 N–H and O–H groups in total. The molecule has 4 aliphatic rings. The number of halogens is 1. The third-order valence-electron chi connectivity index (χ3n) is 7.71. The Bertz CT molecular complexity index is 661. The second-order valence-corrected chi connectivity index (χ2v) is 9.43. The standard InChI is InChI=1S/C20H25BrO2/c1-11-10-12-13-4-5-16(23)19(13,2)8-6-14(12)20(3)9-7-15(22)18(21)17(11)20/h12-14H,1,4-10H2,2-3H3/t12-,13-,14+,19-,20+/m0/s1. The van der Waals surface area contributed by atoms with Crippen LogP contribution in [0.5, 0.6) is 0 Å². The zero-order chi connectivity index (χ0) is 16.6. The van der Waals surface area contributed by atoms with Crippen LogP contribution in [0.4, 0.5) is 0 Å². The van der Waals surface area contributed by atoms with Crippen molar-refractivity contribution in [1.82, 2.24) is 0 Å². The Morgan fingerprint density at radius 2 is 1.74 bits per heavy atom. The lowest BCUT2D eigenvalue weighted by molar-refractivity contribution is -0.132. The summed E-state index contributed by atoms with van der Waals surface area (Å²) in [7, 11) is 0. The van der Waals surface area contributed by atoms with E-state index in [1.165, 1.54) is 5.57 Å². The van der Waals surface area contributed by atoms with E-state index in [-0.39, 0.29) is 16.6 Å². The van der Waals surface area contributed by atoms with E-state index in [4.69, 9.17) is 0 Å². The van der Waals surface area contributed by atoms with Gasteiger partial charge < -0.3 is 0 Å². The first kappa shape index (κ1) is 15.8. The van der Waals surface area contributed by atoms with Crippen LogP contribution in [0.1, 0.15) is 58.8 Å². The molecule has 0 aromatic carbocycles. The molecular weight excluding hydrogens is 352 g/mol. The highest BCUT2D eigenvalue weighted by Gasteiger charge is 2.60. The van der Waals surface area contributed by atoms with Crippen LogP contribution in [0.2, 0.25) is 0 Å². The van der Waals surface area contributed by atoms with Crippen molar-refractivity contribution in [3.63, 3.8) is 0 Å². The predicted octanol–water partition coefficient (Wildman–Crippen LogP) is 4.98. The summed E-state index contributed by atoms with van der Waals surface area (Å²) in [6.07, 6.45) is 6.50. The maximum Gasteiger partial charge on any atom is 0.170 e. The molecule has 0 spiro atoms. The van der Waals surface area contributed by atoms with Crippen molar-refractivity contribution in [2.75, 3.05) is 0 Å². The molecule has 23 heavy (non-hydrogen) atoms. The summed E-state index contributed by atoms with van der Waals surface area (Å²) in [6.45, 7) is 8.90. The smallest absolute Gasteiger partial charge is 0.170 e. The quantitative estimate of drug-likeness (QED) is 0.597. The summed E-state index contributed by atoms with van der Waals surface area (Å²) in [6, 6.07) is 0. The third kappa shape index (κ3) is 1.92. The Balaban J connectivity index is 1.79. The summed E-state index contributed by atoms with van der Waals surface area (Å²) in [5.41, 5.74) is 2.29. The molecule has 3 fully saturated rings. The Kier molecular flexibility index (Phi) is 3.37. The molecule has 0 amide bonds. The van der Waals surface area contributed by atoms with Gasteiger partial charge in [0.1, 0.15) is 5.78 Å². The van der Waals surface area contributed by atoms with Crippen LogP contribution in [0.15, 0.2) is 22.2 Å². The highest BCUT2D eigenvalue weighted by atomic mass is 79.9.